The van der Waals surface area contributed by atoms with E-state index in [1.807, 2.05) is 6.07 Å². The molecule has 2 N–H and O–H groups in total. The second-order valence-electron chi connectivity index (χ2n) is 5.21. The van der Waals surface area contributed by atoms with Gasteiger partial charge in [0.25, 0.3) is 11.5 Å². The summed E-state index contributed by atoms with van der Waals surface area (Å²) >= 11 is 0. The van der Waals surface area contributed by atoms with Crippen LogP contribution < -0.4 is 10.9 Å². The number of rotatable bonds is 5. The Bertz CT molecular complexity index is 883. The third kappa shape index (κ3) is 3.60. The Balaban J connectivity index is 1.68. The van der Waals surface area contributed by atoms with E-state index < -0.39 is 11.5 Å². The molecule has 2 aromatic heterocycles. The molecule has 24 heavy (non-hydrogen) atoms. The Morgan fingerprint density at radius 3 is 2.58 bits per heavy atom. The number of benzene rings is 1. The molecule has 0 spiro atoms. The van der Waals surface area contributed by atoms with Crippen molar-refractivity contribution in [3.63, 3.8) is 0 Å². The van der Waals surface area contributed by atoms with Gasteiger partial charge in [-0.05, 0) is 54.1 Å². The summed E-state index contributed by atoms with van der Waals surface area (Å²) < 4.78 is 18.1. The van der Waals surface area contributed by atoms with Crippen molar-refractivity contribution in [2.75, 3.05) is 6.54 Å². The van der Waals surface area contributed by atoms with Crippen molar-refractivity contribution >= 4 is 5.91 Å². The van der Waals surface area contributed by atoms with Crippen LogP contribution in [0.25, 0.3) is 11.3 Å². The van der Waals surface area contributed by atoms with Crippen LogP contribution in [0.5, 0.6) is 0 Å². The van der Waals surface area contributed by atoms with Crippen molar-refractivity contribution < 1.29 is 13.6 Å². The number of amides is 1. The minimum absolute atomic E-state index is 0.0281. The van der Waals surface area contributed by atoms with E-state index in [0.717, 1.165) is 5.76 Å². The SMILES string of the molecule is O=C(NCCc1ccco1)c1ccc(-c2ccc(F)cc2)[nH]c1=O. The second kappa shape index (κ2) is 6.95. The van der Waals surface area contributed by atoms with Crippen LogP contribution in [0.3, 0.4) is 0 Å². The van der Waals surface area contributed by atoms with Gasteiger partial charge in [-0.15, -0.1) is 0 Å². The molecule has 1 amide bonds. The van der Waals surface area contributed by atoms with E-state index in [-0.39, 0.29) is 11.4 Å². The van der Waals surface area contributed by atoms with Crippen LogP contribution in [-0.4, -0.2) is 17.4 Å². The normalized spacial score (nSPS) is 10.5. The zero-order valence-electron chi connectivity index (χ0n) is 12.7. The molecule has 3 rings (SSSR count). The fourth-order valence-electron chi connectivity index (χ4n) is 2.30. The molecule has 5 nitrogen and oxygen atoms in total. The number of aromatic amines is 1. The Kier molecular flexibility index (Phi) is 4.56. The van der Waals surface area contributed by atoms with Crippen LogP contribution in [0.4, 0.5) is 4.39 Å². The van der Waals surface area contributed by atoms with Gasteiger partial charge in [0.05, 0.1) is 6.26 Å². The lowest BCUT2D eigenvalue weighted by atomic mass is 10.1. The van der Waals surface area contributed by atoms with Gasteiger partial charge in [0.1, 0.15) is 17.1 Å². The van der Waals surface area contributed by atoms with Crippen molar-refractivity contribution in [2.45, 2.75) is 6.42 Å². The Hall–Kier alpha value is -3.15. The Morgan fingerprint density at radius 1 is 1.12 bits per heavy atom. The van der Waals surface area contributed by atoms with Crippen LogP contribution in [0.15, 0.2) is 64.0 Å². The number of aromatic nitrogens is 1. The topological polar surface area (TPSA) is 75.1 Å². The molecular weight excluding hydrogens is 311 g/mol. The van der Waals surface area contributed by atoms with Crippen LogP contribution in [0.2, 0.25) is 0 Å². The van der Waals surface area contributed by atoms with Crippen molar-refractivity contribution in [3.8, 4) is 11.3 Å². The molecule has 0 aliphatic rings. The van der Waals surface area contributed by atoms with Gasteiger partial charge in [0.15, 0.2) is 0 Å². The summed E-state index contributed by atoms with van der Waals surface area (Å²) in [5.41, 5.74) is 0.720. The summed E-state index contributed by atoms with van der Waals surface area (Å²) in [6.07, 6.45) is 2.11. The largest absolute Gasteiger partial charge is 0.469 e. The van der Waals surface area contributed by atoms with E-state index in [0.29, 0.717) is 24.2 Å². The smallest absolute Gasteiger partial charge is 0.261 e. The maximum Gasteiger partial charge on any atom is 0.261 e. The minimum atomic E-state index is -0.493. The van der Waals surface area contributed by atoms with Crippen LogP contribution >= 0.6 is 0 Å². The van der Waals surface area contributed by atoms with Gasteiger partial charge in [-0.25, -0.2) is 4.39 Å². The van der Waals surface area contributed by atoms with Gasteiger partial charge in [0, 0.05) is 18.7 Å². The van der Waals surface area contributed by atoms with Gasteiger partial charge in [-0.2, -0.15) is 0 Å². The molecule has 0 saturated heterocycles. The highest BCUT2D eigenvalue weighted by Crippen LogP contribution is 2.16. The molecule has 0 fully saturated rings. The quantitative estimate of drug-likeness (QED) is 0.757. The Morgan fingerprint density at radius 2 is 1.92 bits per heavy atom. The third-order valence-electron chi connectivity index (χ3n) is 3.55. The van der Waals surface area contributed by atoms with Gasteiger partial charge >= 0.3 is 0 Å². The molecule has 0 atom stereocenters. The van der Waals surface area contributed by atoms with Crippen molar-refractivity contribution in [2.24, 2.45) is 0 Å². The van der Waals surface area contributed by atoms with Gasteiger partial charge in [-0.3, -0.25) is 9.59 Å². The number of hydrogen-bond donors (Lipinski definition) is 2. The maximum atomic E-state index is 12.9. The van der Waals surface area contributed by atoms with Crippen LogP contribution in [0, 0.1) is 5.82 Å². The number of furan rings is 1. The van der Waals surface area contributed by atoms with Crippen molar-refractivity contribution in [1.29, 1.82) is 0 Å². The van der Waals surface area contributed by atoms with E-state index in [9.17, 15) is 14.0 Å². The number of nitrogens with one attached hydrogen (secondary N) is 2. The lowest BCUT2D eigenvalue weighted by molar-refractivity contribution is 0.0952. The first kappa shape index (κ1) is 15.7. The first-order valence-corrected chi connectivity index (χ1v) is 7.43. The van der Waals surface area contributed by atoms with Crippen molar-refractivity contribution in [3.05, 3.63) is 82.3 Å². The summed E-state index contributed by atoms with van der Waals surface area (Å²) in [6.45, 7) is 0.367. The molecule has 0 unspecified atom stereocenters. The lowest BCUT2D eigenvalue weighted by Crippen LogP contribution is -2.31. The fraction of sp³-hybridized carbons (Fsp3) is 0.111. The van der Waals surface area contributed by atoms with E-state index in [1.54, 1.807) is 30.5 Å². The summed E-state index contributed by atoms with van der Waals surface area (Å²) in [7, 11) is 0. The van der Waals surface area contributed by atoms with E-state index in [4.69, 9.17) is 4.42 Å². The van der Waals surface area contributed by atoms with E-state index in [1.165, 1.54) is 18.2 Å². The number of halogens is 1. The fourth-order valence-corrected chi connectivity index (χ4v) is 2.30. The van der Waals surface area contributed by atoms with Crippen LogP contribution in [-0.2, 0) is 6.42 Å². The van der Waals surface area contributed by atoms with Gasteiger partial charge in [0.2, 0.25) is 0 Å². The predicted molar refractivity (Wildman–Crippen MR) is 87.2 cm³/mol. The highest BCUT2D eigenvalue weighted by atomic mass is 19.1. The lowest BCUT2D eigenvalue weighted by Gasteiger charge is -2.06. The molecule has 122 valence electrons. The molecule has 0 radical (unpaired) electrons. The zero-order chi connectivity index (χ0) is 16.9. The average molecular weight is 326 g/mol. The van der Waals surface area contributed by atoms with E-state index in [2.05, 4.69) is 10.3 Å². The van der Waals surface area contributed by atoms with E-state index >= 15 is 0 Å². The number of pyridine rings is 1. The first-order valence-electron chi connectivity index (χ1n) is 7.43. The molecule has 0 aliphatic heterocycles. The summed E-state index contributed by atoms with van der Waals surface area (Å²) in [6, 6.07) is 12.4. The van der Waals surface area contributed by atoms with Gasteiger partial charge < -0.3 is 14.7 Å². The van der Waals surface area contributed by atoms with Crippen molar-refractivity contribution in [1.82, 2.24) is 10.3 Å². The standard InChI is InChI=1S/C18H15FN2O3/c19-13-5-3-12(4-6-13)16-8-7-15(18(23)21-16)17(22)20-10-9-14-2-1-11-24-14/h1-8,11H,9-10H2,(H,20,22)(H,21,23). The average Bonchev–Trinajstić information content (AvgIpc) is 3.08. The molecular formula is C18H15FN2O3. The highest BCUT2D eigenvalue weighted by Gasteiger charge is 2.11. The number of carbonyl (C=O) groups excluding carboxylic acids is 1. The molecule has 1 aromatic carbocycles. The number of H-pyrrole nitrogens is 1. The Labute approximate surface area is 137 Å². The molecule has 0 bridgehead atoms. The summed E-state index contributed by atoms with van der Waals surface area (Å²) in [4.78, 5) is 26.8. The van der Waals surface area contributed by atoms with Crippen LogP contribution in [0.1, 0.15) is 16.1 Å². The minimum Gasteiger partial charge on any atom is -0.469 e. The number of hydrogen-bond acceptors (Lipinski definition) is 3. The summed E-state index contributed by atoms with van der Waals surface area (Å²) in [5, 5.41) is 2.68. The first-order chi connectivity index (χ1) is 11.6. The molecule has 6 heteroatoms. The summed E-state index contributed by atoms with van der Waals surface area (Å²) in [5.74, 6) is -0.0435. The predicted octanol–water partition coefficient (Wildman–Crippen LogP) is 2.75. The molecule has 0 aliphatic carbocycles. The monoisotopic (exact) mass is 326 g/mol. The molecule has 2 heterocycles. The highest BCUT2D eigenvalue weighted by molar-refractivity contribution is 5.94. The molecule has 3 aromatic rings. The zero-order valence-corrected chi connectivity index (χ0v) is 12.7. The van der Waals surface area contributed by atoms with Gasteiger partial charge in [-0.1, -0.05) is 0 Å². The maximum absolute atomic E-state index is 12.9. The second-order valence-corrected chi connectivity index (χ2v) is 5.21. The molecule has 0 saturated carbocycles. The number of carbonyl (C=O) groups is 1. The third-order valence-corrected chi connectivity index (χ3v) is 3.55.